The van der Waals surface area contributed by atoms with Gasteiger partial charge < -0.3 is 4.90 Å². The van der Waals surface area contributed by atoms with Gasteiger partial charge in [0.05, 0.1) is 23.2 Å². The molecule has 39 heavy (non-hydrogen) atoms. The largest absolute Gasteiger partial charge is 0.354 e. The van der Waals surface area contributed by atoms with Crippen molar-refractivity contribution >= 4 is 22.6 Å². The second-order valence-corrected chi connectivity index (χ2v) is 12.0. The maximum absolute atomic E-state index is 15.0. The molecule has 4 saturated carbocycles. The lowest BCUT2D eigenvalue weighted by atomic mass is 9.60. The van der Waals surface area contributed by atoms with E-state index in [1.165, 1.54) is 60.2 Å². The Morgan fingerprint density at radius 2 is 1.82 bits per heavy atom. The highest BCUT2D eigenvalue weighted by Gasteiger charge is 2.48. The molecule has 0 saturated heterocycles. The van der Waals surface area contributed by atoms with E-state index in [0.29, 0.717) is 17.9 Å². The molecular weight excluding hydrogens is 510 g/mol. The van der Waals surface area contributed by atoms with Gasteiger partial charge in [-0.05, 0) is 92.4 Å². The minimum atomic E-state index is -2.61. The number of hydrogen-bond donors (Lipinski definition) is 0. The van der Waals surface area contributed by atoms with Crippen LogP contribution < -0.4 is 10.3 Å². The average Bonchev–Trinajstić information content (AvgIpc) is 3.07. The van der Waals surface area contributed by atoms with E-state index in [4.69, 9.17) is 0 Å². The van der Waals surface area contributed by atoms with Gasteiger partial charge in [-0.3, -0.25) is 14.2 Å². The Morgan fingerprint density at radius 1 is 1.10 bits per heavy atom. The highest BCUT2D eigenvalue weighted by atomic mass is 19.3. The molecular formula is C30H31F4N3O2. The van der Waals surface area contributed by atoms with Crippen molar-refractivity contribution in [2.24, 2.45) is 23.2 Å². The van der Waals surface area contributed by atoms with Crippen LogP contribution in [0.3, 0.4) is 0 Å². The third kappa shape index (κ3) is 4.85. The number of pyridine rings is 2. The predicted octanol–water partition coefficient (Wildman–Crippen LogP) is 6.54. The number of fused-ring (bicyclic) bond motifs is 2. The van der Waals surface area contributed by atoms with Gasteiger partial charge in [0.25, 0.3) is 6.43 Å². The molecule has 4 fully saturated rings. The van der Waals surface area contributed by atoms with E-state index in [1.807, 2.05) is 0 Å². The summed E-state index contributed by atoms with van der Waals surface area (Å²) in [6.07, 6.45) is 6.73. The molecule has 2 heterocycles. The molecule has 2 unspecified atom stereocenters. The zero-order valence-corrected chi connectivity index (χ0v) is 21.8. The minimum Gasteiger partial charge on any atom is -0.354 e. The van der Waals surface area contributed by atoms with Crippen molar-refractivity contribution in [2.75, 3.05) is 18.5 Å². The number of benzene rings is 1. The van der Waals surface area contributed by atoms with Crippen LogP contribution in [0.4, 0.5) is 23.4 Å². The van der Waals surface area contributed by atoms with E-state index in [2.05, 4.69) is 4.98 Å². The van der Waals surface area contributed by atoms with Gasteiger partial charge in [-0.2, -0.15) is 0 Å². The molecule has 2 aromatic heterocycles. The Balaban J connectivity index is 1.45. The molecule has 5 nitrogen and oxygen atoms in total. The number of ketones is 1. The summed E-state index contributed by atoms with van der Waals surface area (Å²) < 4.78 is 56.0. The number of hydrogen-bond acceptors (Lipinski definition) is 4. The third-order valence-electron chi connectivity index (χ3n) is 9.17. The van der Waals surface area contributed by atoms with Gasteiger partial charge in [0, 0.05) is 25.7 Å². The number of aromatic nitrogens is 2. The van der Waals surface area contributed by atoms with E-state index in [1.54, 1.807) is 0 Å². The van der Waals surface area contributed by atoms with E-state index >= 15 is 0 Å². The quantitative estimate of drug-likeness (QED) is 0.252. The molecule has 9 heteroatoms. The van der Waals surface area contributed by atoms with Gasteiger partial charge in [0.2, 0.25) is 5.43 Å². The number of alkyl halides is 2. The van der Waals surface area contributed by atoms with Crippen molar-refractivity contribution in [3.05, 3.63) is 63.9 Å². The lowest BCUT2D eigenvalue weighted by molar-refractivity contribution is 0.0530. The van der Waals surface area contributed by atoms with Crippen LogP contribution in [0.2, 0.25) is 0 Å². The summed E-state index contributed by atoms with van der Waals surface area (Å²) in [5, 5.41) is 0.0703. The number of carbonyl (C=O) groups excluding carboxylic acids is 1. The van der Waals surface area contributed by atoms with Crippen molar-refractivity contribution < 1.29 is 22.4 Å². The monoisotopic (exact) mass is 541 g/mol. The van der Waals surface area contributed by atoms with E-state index < -0.39 is 30.0 Å². The molecule has 0 radical (unpaired) electrons. The highest BCUT2D eigenvalue weighted by Crippen LogP contribution is 2.58. The number of rotatable bonds is 7. The molecule has 3 aromatic rings. The van der Waals surface area contributed by atoms with Crippen LogP contribution in [0.5, 0.6) is 0 Å². The van der Waals surface area contributed by atoms with Crippen LogP contribution in [0, 0.1) is 34.8 Å². The van der Waals surface area contributed by atoms with Crippen molar-refractivity contribution in [3.63, 3.8) is 0 Å². The summed E-state index contributed by atoms with van der Waals surface area (Å²) in [6.45, 7) is -0.588. The first-order valence-electron chi connectivity index (χ1n) is 13.6. The fourth-order valence-corrected chi connectivity index (χ4v) is 7.73. The lowest BCUT2D eigenvalue weighted by Crippen LogP contribution is -2.36. The first-order valence-corrected chi connectivity index (χ1v) is 13.6. The van der Waals surface area contributed by atoms with Gasteiger partial charge in [0.1, 0.15) is 17.5 Å². The molecule has 4 bridgehead atoms. The van der Waals surface area contributed by atoms with Crippen LogP contribution in [0.15, 0.2) is 41.3 Å². The zero-order valence-electron chi connectivity index (χ0n) is 21.8. The summed E-state index contributed by atoms with van der Waals surface area (Å²) in [6, 6.07) is 5.88. The molecule has 0 amide bonds. The fraction of sp³-hybridized carbons (Fsp3) is 0.500. The molecule has 0 N–H and O–H groups in total. The Kier molecular flexibility index (Phi) is 6.50. The van der Waals surface area contributed by atoms with Crippen molar-refractivity contribution in [3.8, 4) is 5.69 Å². The van der Waals surface area contributed by atoms with E-state index in [9.17, 15) is 27.2 Å². The topological polar surface area (TPSA) is 55.2 Å². The van der Waals surface area contributed by atoms with Gasteiger partial charge in [-0.1, -0.05) is 0 Å². The standard InChI is InChI=1S/C30H31F4N3O2/c1-36(16-26(33)34)27-5-3-21-28(39)22(15-37(29(21)35-27)24-4-2-20(31)11-23(24)32)25(38)14-30-7-6-17-8-18(12-30)10-19(9-17)13-30/h2-5,11,15,17-19,26H,6-10,12-14,16H2,1H3. The van der Waals surface area contributed by atoms with Crippen LogP contribution in [-0.4, -0.2) is 35.4 Å². The summed E-state index contributed by atoms with van der Waals surface area (Å²) in [5.41, 5.74) is -0.793. The molecule has 206 valence electrons. The second-order valence-electron chi connectivity index (χ2n) is 12.0. The Bertz CT molecular complexity index is 1490. The van der Waals surface area contributed by atoms with E-state index in [0.717, 1.165) is 37.7 Å². The van der Waals surface area contributed by atoms with Gasteiger partial charge in [-0.15, -0.1) is 0 Å². The first kappa shape index (κ1) is 26.0. The van der Waals surface area contributed by atoms with Crippen LogP contribution in [-0.2, 0) is 0 Å². The fourth-order valence-electron chi connectivity index (χ4n) is 7.73. The lowest BCUT2D eigenvalue weighted by Gasteiger charge is -2.45. The SMILES string of the molecule is CN(CC(F)F)c1ccc2c(=O)c(C(=O)CC34CCC5CC(CC(C5)C3)C4)cn(-c3ccc(F)cc3F)c2n1. The predicted molar refractivity (Wildman–Crippen MR) is 141 cm³/mol. The molecule has 4 aliphatic rings. The Hall–Kier alpha value is -3.23. The van der Waals surface area contributed by atoms with E-state index in [-0.39, 0.29) is 45.7 Å². The number of anilines is 1. The summed E-state index contributed by atoms with van der Waals surface area (Å²) in [7, 11) is 1.44. The Labute approximate surface area is 223 Å². The van der Waals surface area contributed by atoms with Crippen LogP contribution >= 0.6 is 0 Å². The summed E-state index contributed by atoms with van der Waals surface area (Å²) in [4.78, 5) is 33.1. The summed E-state index contributed by atoms with van der Waals surface area (Å²) >= 11 is 0. The number of Topliss-reactive ketones (excluding diaryl/α,β-unsaturated/α-hetero) is 1. The van der Waals surface area contributed by atoms with Crippen molar-refractivity contribution in [2.45, 2.75) is 57.8 Å². The molecule has 1 aromatic carbocycles. The highest BCUT2D eigenvalue weighted by molar-refractivity contribution is 5.99. The number of halogens is 4. The first-order chi connectivity index (χ1) is 18.6. The second kappa shape index (κ2) is 9.75. The normalized spacial score (nSPS) is 25.8. The van der Waals surface area contributed by atoms with Gasteiger partial charge in [0.15, 0.2) is 11.4 Å². The van der Waals surface area contributed by atoms with Crippen molar-refractivity contribution in [1.29, 1.82) is 0 Å². The van der Waals surface area contributed by atoms with Crippen LogP contribution in [0.25, 0.3) is 16.7 Å². The minimum absolute atomic E-state index is 0.00635. The Morgan fingerprint density at radius 3 is 2.51 bits per heavy atom. The third-order valence-corrected chi connectivity index (χ3v) is 9.17. The number of nitrogens with zero attached hydrogens (tertiary/aromatic N) is 3. The molecule has 7 rings (SSSR count). The molecule has 4 aliphatic carbocycles. The average molecular weight is 542 g/mol. The molecule has 0 aliphatic heterocycles. The van der Waals surface area contributed by atoms with Gasteiger partial charge in [-0.25, -0.2) is 22.5 Å². The smallest absolute Gasteiger partial charge is 0.255 e. The maximum atomic E-state index is 15.0. The van der Waals surface area contributed by atoms with Gasteiger partial charge >= 0.3 is 0 Å². The molecule has 0 spiro atoms. The number of carbonyl (C=O) groups is 1. The molecule has 2 atom stereocenters. The zero-order chi connectivity index (χ0) is 27.5. The summed E-state index contributed by atoms with van der Waals surface area (Å²) in [5.74, 6) is 0.194. The maximum Gasteiger partial charge on any atom is 0.255 e. The van der Waals surface area contributed by atoms with Crippen LogP contribution in [0.1, 0.15) is 61.7 Å². The van der Waals surface area contributed by atoms with Crippen molar-refractivity contribution in [1.82, 2.24) is 9.55 Å².